The van der Waals surface area contributed by atoms with Gasteiger partial charge in [-0.3, -0.25) is 0 Å². The molecule has 0 aliphatic heterocycles. The van der Waals surface area contributed by atoms with Gasteiger partial charge >= 0.3 is 0 Å². The highest BCUT2D eigenvalue weighted by atomic mass is 35.5. The molecule has 0 spiro atoms. The van der Waals surface area contributed by atoms with E-state index >= 15 is 0 Å². The number of aromatic hydroxyl groups is 1. The molecule has 1 fully saturated rings. The lowest BCUT2D eigenvalue weighted by atomic mass is 10.0. The van der Waals surface area contributed by atoms with Crippen molar-refractivity contribution in [3.05, 3.63) is 29.3 Å². The molecule has 6 nitrogen and oxygen atoms in total. The lowest BCUT2D eigenvalue weighted by Crippen LogP contribution is -2.42. The minimum Gasteiger partial charge on any atom is -0.508 e. The van der Waals surface area contributed by atoms with Crippen molar-refractivity contribution in [1.29, 1.82) is 0 Å². The molecular weight excluding hydrogens is 320 g/mol. The van der Waals surface area contributed by atoms with Gasteiger partial charge in [0.2, 0.25) is 0 Å². The minimum atomic E-state index is -0.964. The number of hydrogen-bond acceptors (Lipinski definition) is 6. The van der Waals surface area contributed by atoms with E-state index in [1.807, 2.05) is 0 Å². The van der Waals surface area contributed by atoms with Gasteiger partial charge in [-0.2, -0.15) is 0 Å². The van der Waals surface area contributed by atoms with Crippen molar-refractivity contribution in [3.63, 3.8) is 0 Å². The van der Waals surface area contributed by atoms with Gasteiger partial charge in [-0.05, 0) is 37.5 Å². The predicted octanol–water partition coefficient (Wildman–Crippen LogP) is 2.08. The lowest BCUT2D eigenvalue weighted by Gasteiger charge is -2.26. The first-order chi connectivity index (χ1) is 10.9. The van der Waals surface area contributed by atoms with Crippen LogP contribution in [0.25, 0.3) is 10.9 Å². The second kappa shape index (κ2) is 7.31. The summed E-state index contributed by atoms with van der Waals surface area (Å²) in [6.45, 7) is -0.189. The summed E-state index contributed by atoms with van der Waals surface area (Å²) in [5, 5.41) is 28.8. The van der Waals surface area contributed by atoms with E-state index in [2.05, 4.69) is 4.98 Å². The van der Waals surface area contributed by atoms with E-state index in [0.29, 0.717) is 17.0 Å². The van der Waals surface area contributed by atoms with E-state index in [1.54, 1.807) is 31.4 Å². The van der Waals surface area contributed by atoms with Crippen LogP contribution in [0.5, 0.6) is 5.75 Å². The summed E-state index contributed by atoms with van der Waals surface area (Å²) in [7, 11) is 1.57. The van der Waals surface area contributed by atoms with Crippen LogP contribution in [0.3, 0.4) is 0 Å². The standard InChI is InChI=1S/C9H7ClN2O.C7H14O3/c10-7-3-5-1-2-6(13)4-8(5)12-9(7)11;1-10-6-3-2-4-7(6,9)5-8/h1-4,13H,(H2,11,12);6,8-9H,2-5H2,1H3. The Morgan fingerprint density at radius 3 is 2.78 bits per heavy atom. The smallest absolute Gasteiger partial charge is 0.142 e. The Balaban J connectivity index is 0.000000174. The average molecular weight is 341 g/mol. The zero-order valence-electron chi connectivity index (χ0n) is 12.9. The molecule has 2 aromatic rings. The first-order valence-electron chi connectivity index (χ1n) is 7.30. The Bertz CT molecular complexity index is 682. The largest absolute Gasteiger partial charge is 0.508 e. The quantitative estimate of drug-likeness (QED) is 0.666. The molecule has 2 unspecified atom stereocenters. The Morgan fingerprint density at radius 2 is 2.17 bits per heavy atom. The third-order valence-electron chi connectivity index (χ3n) is 4.02. The summed E-state index contributed by atoms with van der Waals surface area (Å²) in [6.07, 6.45) is 2.28. The van der Waals surface area contributed by atoms with E-state index in [4.69, 9.17) is 27.2 Å². The number of hydrogen-bond donors (Lipinski definition) is 4. The van der Waals surface area contributed by atoms with Crippen molar-refractivity contribution >= 4 is 28.3 Å². The molecule has 1 saturated carbocycles. The topological polar surface area (TPSA) is 109 Å². The number of ether oxygens (including phenoxy) is 1. The molecule has 1 aromatic carbocycles. The molecule has 5 N–H and O–H groups in total. The number of nitrogens with zero attached hydrogens (tertiary/aromatic N) is 1. The summed E-state index contributed by atoms with van der Waals surface area (Å²) < 4.78 is 5.01. The van der Waals surface area contributed by atoms with E-state index < -0.39 is 5.60 Å². The minimum absolute atomic E-state index is 0.168. The van der Waals surface area contributed by atoms with Crippen LogP contribution >= 0.6 is 11.6 Å². The lowest BCUT2D eigenvalue weighted by molar-refractivity contribution is -0.100. The van der Waals surface area contributed by atoms with Gasteiger partial charge in [0.05, 0.1) is 23.3 Å². The number of nitrogens with two attached hydrogens (primary N) is 1. The molecular formula is C16H21ClN2O4. The number of phenolic OH excluding ortho intramolecular Hbond substituents is 1. The molecule has 0 bridgehead atoms. The number of methoxy groups -OCH3 is 1. The molecule has 23 heavy (non-hydrogen) atoms. The molecule has 1 aromatic heterocycles. The number of aliphatic hydroxyl groups is 2. The number of nitrogen functional groups attached to an aromatic ring is 1. The summed E-state index contributed by atoms with van der Waals surface area (Å²) in [5.41, 5.74) is 5.19. The van der Waals surface area contributed by atoms with Gasteiger partial charge in [0.1, 0.15) is 17.2 Å². The fourth-order valence-corrected chi connectivity index (χ4v) is 2.85. The molecule has 7 heteroatoms. The highest BCUT2D eigenvalue weighted by Gasteiger charge is 2.40. The number of fused-ring (bicyclic) bond motifs is 1. The van der Waals surface area contributed by atoms with E-state index in [1.165, 1.54) is 0 Å². The van der Waals surface area contributed by atoms with Gasteiger partial charge in [0.25, 0.3) is 0 Å². The number of aromatic nitrogens is 1. The van der Waals surface area contributed by atoms with Crippen molar-refractivity contribution in [2.75, 3.05) is 19.5 Å². The van der Waals surface area contributed by atoms with Crippen LogP contribution < -0.4 is 5.73 Å². The van der Waals surface area contributed by atoms with Crippen LogP contribution in [0.4, 0.5) is 5.82 Å². The van der Waals surface area contributed by atoms with E-state index in [9.17, 15) is 10.2 Å². The Morgan fingerprint density at radius 1 is 1.43 bits per heavy atom. The third-order valence-corrected chi connectivity index (χ3v) is 4.32. The number of anilines is 1. The van der Waals surface area contributed by atoms with Gasteiger partial charge in [-0.15, -0.1) is 0 Å². The molecule has 0 saturated heterocycles. The zero-order chi connectivity index (χ0) is 17.0. The van der Waals surface area contributed by atoms with E-state index in [-0.39, 0.29) is 24.3 Å². The number of rotatable bonds is 2. The van der Waals surface area contributed by atoms with Gasteiger partial charge < -0.3 is 25.8 Å². The number of phenols is 1. The Kier molecular flexibility index (Phi) is 5.64. The molecule has 3 rings (SSSR count). The van der Waals surface area contributed by atoms with Gasteiger partial charge in [0.15, 0.2) is 0 Å². The van der Waals surface area contributed by atoms with E-state index in [0.717, 1.165) is 18.2 Å². The maximum absolute atomic E-state index is 9.58. The van der Waals surface area contributed by atoms with Gasteiger partial charge in [0, 0.05) is 18.6 Å². The SMILES string of the molecule is COC1CCCC1(O)CO.Nc1nc2cc(O)ccc2cc1Cl. The van der Waals surface area contributed by atoms with Crippen molar-refractivity contribution < 1.29 is 20.1 Å². The van der Waals surface area contributed by atoms with Crippen molar-refractivity contribution in [3.8, 4) is 5.75 Å². The molecule has 2 atom stereocenters. The number of benzene rings is 1. The van der Waals surface area contributed by atoms with Gasteiger partial charge in [-0.25, -0.2) is 4.98 Å². The molecule has 0 radical (unpaired) electrons. The molecule has 1 aliphatic carbocycles. The van der Waals surface area contributed by atoms with Crippen molar-refractivity contribution in [1.82, 2.24) is 4.98 Å². The second-order valence-electron chi connectivity index (χ2n) is 5.61. The first-order valence-corrected chi connectivity index (χ1v) is 7.68. The number of halogens is 1. The first kappa shape index (κ1) is 17.7. The summed E-state index contributed by atoms with van der Waals surface area (Å²) in [4.78, 5) is 4.02. The maximum Gasteiger partial charge on any atom is 0.142 e. The van der Waals surface area contributed by atoms with Crippen molar-refractivity contribution in [2.24, 2.45) is 0 Å². The van der Waals surface area contributed by atoms with Crippen LogP contribution in [0.1, 0.15) is 19.3 Å². The molecule has 1 aliphatic rings. The fraction of sp³-hybridized carbons (Fsp3) is 0.438. The van der Waals surface area contributed by atoms with Crippen LogP contribution in [-0.4, -0.2) is 45.7 Å². The van der Waals surface area contributed by atoms with Crippen LogP contribution in [0, 0.1) is 0 Å². The average Bonchev–Trinajstić information content (AvgIpc) is 2.91. The van der Waals surface area contributed by atoms with Crippen LogP contribution in [0.2, 0.25) is 5.02 Å². The van der Waals surface area contributed by atoms with Crippen LogP contribution in [0.15, 0.2) is 24.3 Å². The number of aliphatic hydroxyl groups excluding tert-OH is 1. The summed E-state index contributed by atoms with van der Waals surface area (Å²) >= 11 is 5.78. The number of pyridine rings is 1. The highest BCUT2D eigenvalue weighted by molar-refractivity contribution is 6.33. The van der Waals surface area contributed by atoms with Crippen LogP contribution in [-0.2, 0) is 4.74 Å². The molecule has 0 amide bonds. The monoisotopic (exact) mass is 340 g/mol. The maximum atomic E-state index is 9.58. The molecule has 126 valence electrons. The summed E-state index contributed by atoms with van der Waals surface area (Å²) in [5.74, 6) is 0.446. The predicted molar refractivity (Wildman–Crippen MR) is 89.5 cm³/mol. The third kappa shape index (κ3) is 4.03. The zero-order valence-corrected chi connectivity index (χ0v) is 13.6. The normalized spacial score (nSPS) is 23.6. The second-order valence-corrected chi connectivity index (χ2v) is 6.02. The Labute approximate surface area is 139 Å². The van der Waals surface area contributed by atoms with Gasteiger partial charge in [-0.1, -0.05) is 11.6 Å². The highest BCUT2D eigenvalue weighted by Crippen LogP contribution is 2.31. The molecule has 1 heterocycles. The Hall–Kier alpha value is -1.60. The fourth-order valence-electron chi connectivity index (χ4n) is 2.69. The van der Waals surface area contributed by atoms with Crippen molar-refractivity contribution in [2.45, 2.75) is 31.0 Å². The summed E-state index contributed by atoms with van der Waals surface area (Å²) in [6, 6.07) is 6.58.